The van der Waals surface area contributed by atoms with Crippen molar-refractivity contribution in [3.8, 4) is 17.3 Å². The van der Waals surface area contributed by atoms with Crippen LogP contribution in [0.1, 0.15) is 5.69 Å². The van der Waals surface area contributed by atoms with Crippen LogP contribution in [0, 0.1) is 46.2 Å². The Morgan fingerprint density at radius 1 is 0.857 bits per heavy atom. The highest BCUT2D eigenvalue weighted by molar-refractivity contribution is 5.62. The van der Waals surface area contributed by atoms with Gasteiger partial charge in [0.1, 0.15) is 11.5 Å². The summed E-state index contributed by atoms with van der Waals surface area (Å²) in [5.74, 6) is -12.4. The lowest BCUT2D eigenvalue weighted by atomic mass is 10.1. The summed E-state index contributed by atoms with van der Waals surface area (Å²) in [6, 6.07) is 3.46. The third-order valence-electron chi connectivity index (χ3n) is 2.61. The van der Waals surface area contributed by atoms with E-state index in [0.29, 0.717) is 0 Å². The summed E-state index contributed by atoms with van der Waals surface area (Å²) in [7, 11) is 0. The zero-order valence-electron chi connectivity index (χ0n) is 10.0. The molecule has 0 aliphatic heterocycles. The summed E-state index contributed by atoms with van der Waals surface area (Å²) in [5.41, 5.74) is -2.59. The fraction of sp³-hybridized carbons (Fsp3) is 0.0769. The maximum atomic E-state index is 13.6. The Kier molecular flexibility index (Phi) is 3.84. The molecule has 1 aromatic carbocycles. The van der Waals surface area contributed by atoms with Crippen molar-refractivity contribution >= 4 is 0 Å². The van der Waals surface area contributed by atoms with E-state index < -0.39 is 46.2 Å². The first kappa shape index (κ1) is 14.8. The van der Waals surface area contributed by atoms with Gasteiger partial charge < -0.3 is 0 Å². The highest BCUT2D eigenvalue weighted by Crippen LogP contribution is 2.31. The molecular weight excluding hydrogens is 298 g/mol. The second-order valence-corrected chi connectivity index (χ2v) is 3.91. The first-order chi connectivity index (χ1) is 9.88. The van der Waals surface area contributed by atoms with E-state index in [-0.39, 0.29) is 12.1 Å². The van der Waals surface area contributed by atoms with Crippen molar-refractivity contribution in [1.82, 2.24) is 4.98 Å². The molecule has 2 nitrogen and oxygen atoms in total. The third kappa shape index (κ3) is 2.42. The van der Waals surface area contributed by atoms with Gasteiger partial charge in [-0.1, -0.05) is 0 Å². The molecule has 21 heavy (non-hydrogen) atoms. The van der Waals surface area contributed by atoms with Crippen molar-refractivity contribution in [2.24, 2.45) is 0 Å². The van der Waals surface area contributed by atoms with Gasteiger partial charge in [0.15, 0.2) is 23.3 Å². The number of pyridine rings is 1. The minimum atomic E-state index is -2.35. The van der Waals surface area contributed by atoms with Crippen LogP contribution in [-0.2, 0) is 6.42 Å². The van der Waals surface area contributed by atoms with Crippen molar-refractivity contribution in [1.29, 1.82) is 5.26 Å². The summed E-state index contributed by atoms with van der Waals surface area (Å²) in [4.78, 5) is 3.43. The molecule has 0 bridgehead atoms. The second kappa shape index (κ2) is 5.44. The Labute approximate surface area is 114 Å². The molecule has 2 rings (SSSR count). The lowest BCUT2D eigenvalue weighted by Gasteiger charge is -2.09. The van der Waals surface area contributed by atoms with Gasteiger partial charge >= 0.3 is 0 Å². The monoisotopic (exact) mass is 302 g/mol. The molecule has 0 fully saturated rings. The van der Waals surface area contributed by atoms with Crippen molar-refractivity contribution in [3.05, 3.63) is 52.7 Å². The van der Waals surface area contributed by atoms with E-state index in [1.807, 2.05) is 0 Å². The number of hydrogen-bond donors (Lipinski definition) is 0. The number of halogens is 6. The Hall–Kier alpha value is -2.56. The largest absolute Gasteiger partial charge is 0.248 e. The molecule has 8 heteroatoms. The van der Waals surface area contributed by atoms with Crippen molar-refractivity contribution in [2.75, 3.05) is 0 Å². The Morgan fingerprint density at radius 3 is 1.90 bits per heavy atom. The SMILES string of the molecule is N#CCc1ccc(F)c(-c2c(F)c(F)c(F)c(F)c2F)n1. The number of rotatable bonds is 2. The summed E-state index contributed by atoms with van der Waals surface area (Å²) in [6.07, 6.45) is -0.317. The Bertz CT molecular complexity index is 737. The predicted molar refractivity (Wildman–Crippen MR) is 58.7 cm³/mol. The molecule has 1 heterocycles. The normalized spacial score (nSPS) is 10.5. The van der Waals surface area contributed by atoms with Gasteiger partial charge in [0, 0.05) is 0 Å². The zero-order valence-corrected chi connectivity index (χ0v) is 10.0. The predicted octanol–water partition coefficient (Wildman–Crippen LogP) is 3.65. The molecule has 0 atom stereocenters. The van der Waals surface area contributed by atoms with Crippen LogP contribution in [0.4, 0.5) is 26.3 Å². The average Bonchev–Trinajstić information content (AvgIpc) is 2.47. The molecule has 0 aliphatic rings. The first-order valence-electron chi connectivity index (χ1n) is 5.42. The van der Waals surface area contributed by atoms with Gasteiger partial charge in [0.2, 0.25) is 5.82 Å². The number of benzene rings is 1. The molecule has 0 spiro atoms. The molecular formula is C13H4F6N2. The number of nitriles is 1. The molecule has 0 saturated carbocycles. The highest BCUT2D eigenvalue weighted by atomic mass is 19.2. The second-order valence-electron chi connectivity index (χ2n) is 3.91. The van der Waals surface area contributed by atoms with Gasteiger partial charge in [-0.05, 0) is 12.1 Å². The number of nitrogens with zero attached hydrogens (tertiary/aromatic N) is 2. The molecule has 0 aliphatic carbocycles. The zero-order chi connectivity index (χ0) is 15.7. The quantitative estimate of drug-likeness (QED) is 0.482. The molecule has 108 valence electrons. The van der Waals surface area contributed by atoms with Gasteiger partial charge in [0.05, 0.1) is 23.7 Å². The van der Waals surface area contributed by atoms with Crippen LogP contribution in [0.25, 0.3) is 11.3 Å². The van der Waals surface area contributed by atoms with Crippen LogP contribution < -0.4 is 0 Å². The van der Waals surface area contributed by atoms with Gasteiger partial charge in [-0.25, -0.2) is 31.3 Å². The fourth-order valence-electron chi connectivity index (χ4n) is 1.65. The van der Waals surface area contributed by atoms with Gasteiger partial charge in [0.25, 0.3) is 0 Å². The minimum absolute atomic E-state index is 0.0714. The summed E-state index contributed by atoms with van der Waals surface area (Å²) >= 11 is 0. The lowest BCUT2D eigenvalue weighted by Crippen LogP contribution is -2.07. The molecule has 0 radical (unpaired) electrons. The van der Waals surface area contributed by atoms with Gasteiger partial charge in [-0.15, -0.1) is 0 Å². The van der Waals surface area contributed by atoms with Crippen molar-refractivity contribution in [3.63, 3.8) is 0 Å². The standard InChI is InChI=1S/C13H4F6N2/c14-6-2-1-5(3-4-20)21-13(6)7-8(15)10(17)12(19)11(18)9(7)16/h1-2H,3H2. The van der Waals surface area contributed by atoms with Crippen molar-refractivity contribution in [2.45, 2.75) is 6.42 Å². The fourth-order valence-corrected chi connectivity index (χ4v) is 1.65. The Morgan fingerprint density at radius 2 is 1.38 bits per heavy atom. The van der Waals surface area contributed by atoms with E-state index in [1.165, 1.54) is 0 Å². The topological polar surface area (TPSA) is 36.7 Å². The van der Waals surface area contributed by atoms with Crippen LogP contribution in [0.2, 0.25) is 0 Å². The van der Waals surface area contributed by atoms with Crippen LogP contribution in [-0.4, -0.2) is 4.98 Å². The maximum absolute atomic E-state index is 13.6. The first-order valence-corrected chi connectivity index (χ1v) is 5.42. The van der Waals surface area contributed by atoms with Gasteiger partial charge in [-0.2, -0.15) is 5.26 Å². The summed E-state index contributed by atoms with van der Waals surface area (Å²) < 4.78 is 79.9. The van der Waals surface area contributed by atoms with E-state index in [0.717, 1.165) is 12.1 Å². The summed E-state index contributed by atoms with van der Waals surface area (Å²) in [5, 5.41) is 8.48. The molecule has 2 aromatic rings. The minimum Gasteiger partial charge on any atom is -0.248 e. The molecule has 0 N–H and O–H groups in total. The third-order valence-corrected chi connectivity index (χ3v) is 2.61. The van der Waals surface area contributed by atoms with Crippen LogP contribution in [0.15, 0.2) is 12.1 Å². The van der Waals surface area contributed by atoms with Crippen LogP contribution in [0.3, 0.4) is 0 Å². The van der Waals surface area contributed by atoms with E-state index in [4.69, 9.17) is 5.26 Å². The summed E-state index contributed by atoms with van der Waals surface area (Å²) in [6.45, 7) is 0. The molecule has 0 saturated heterocycles. The average molecular weight is 302 g/mol. The van der Waals surface area contributed by atoms with Crippen LogP contribution in [0.5, 0.6) is 0 Å². The number of aromatic nitrogens is 1. The molecule has 0 unspecified atom stereocenters. The van der Waals surface area contributed by atoms with E-state index in [9.17, 15) is 26.3 Å². The number of hydrogen-bond acceptors (Lipinski definition) is 2. The van der Waals surface area contributed by atoms with Crippen molar-refractivity contribution < 1.29 is 26.3 Å². The Balaban J connectivity index is 2.79. The lowest BCUT2D eigenvalue weighted by molar-refractivity contribution is 0.380. The molecule has 1 aromatic heterocycles. The van der Waals surface area contributed by atoms with E-state index in [2.05, 4.69) is 4.98 Å². The maximum Gasteiger partial charge on any atom is 0.200 e. The highest BCUT2D eigenvalue weighted by Gasteiger charge is 2.29. The smallest absolute Gasteiger partial charge is 0.200 e. The van der Waals surface area contributed by atoms with Gasteiger partial charge in [-0.3, -0.25) is 0 Å². The van der Waals surface area contributed by atoms with Crippen LogP contribution >= 0.6 is 0 Å². The van der Waals surface area contributed by atoms with E-state index >= 15 is 0 Å². The molecule has 0 amide bonds. The van der Waals surface area contributed by atoms with E-state index in [1.54, 1.807) is 6.07 Å².